The summed E-state index contributed by atoms with van der Waals surface area (Å²) in [5.41, 5.74) is 4.44. The van der Waals surface area contributed by atoms with Crippen LogP contribution >= 0.6 is 0 Å². The van der Waals surface area contributed by atoms with E-state index in [4.69, 9.17) is 4.42 Å². The normalized spacial score (nSPS) is 15.4. The molecule has 0 atom stereocenters. The van der Waals surface area contributed by atoms with Crippen LogP contribution in [0.15, 0.2) is 58.0 Å². The van der Waals surface area contributed by atoms with Gasteiger partial charge in [0, 0.05) is 55.7 Å². The fraction of sp³-hybridized carbons (Fsp3) is 0.304. The van der Waals surface area contributed by atoms with Gasteiger partial charge < -0.3 is 18.6 Å². The molecule has 0 radical (unpaired) electrons. The van der Waals surface area contributed by atoms with E-state index < -0.39 is 0 Å². The number of hydrogen-bond acceptors (Lipinski definition) is 5. The summed E-state index contributed by atoms with van der Waals surface area (Å²) in [6.45, 7) is 9.41. The van der Waals surface area contributed by atoms with Crippen LogP contribution in [0.3, 0.4) is 0 Å². The highest BCUT2D eigenvalue weighted by Crippen LogP contribution is 2.26. The maximum absolute atomic E-state index is 12.7. The van der Waals surface area contributed by atoms with Gasteiger partial charge >= 0.3 is 5.63 Å². The zero-order valence-corrected chi connectivity index (χ0v) is 16.8. The van der Waals surface area contributed by atoms with E-state index in [1.807, 2.05) is 54.0 Å². The standard InChI is InChI=1S/C23H24N4O2/c1-3-25-8-10-26(11-9-25)18-6-5-17-12-19(23(28)29-21(17)13-18)20-15-27-14-16(2)4-7-22(27)24-20/h4-7,12-15H,3,8-11H2,1-2H3. The number of anilines is 1. The van der Waals surface area contributed by atoms with E-state index in [9.17, 15) is 4.79 Å². The summed E-state index contributed by atoms with van der Waals surface area (Å²) in [6, 6.07) is 12.0. The van der Waals surface area contributed by atoms with E-state index >= 15 is 0 Å². The number of likely N-dealkylation sites (N-methyl/N-ethyl adjacent to an activating group) is 1. The number of piperazine rings is 1. The number of rotatable bonds is 3. The average molecular weight is 388 g/mol. The van der Waals surface area contributed by atoms with Crippen LogP contribution in [0.4, 0.5) is 5.69 Å². The number of hydrogen-bond donors (Lipinski definition) is 0. The predicted octanol–water partition coefficient (Wildman–Crippen LogP) is 3.56. The van der Waals surface area contributed by atoms with E-state index in [2.05, 4.69) is 27.8 Å². The topological polar surface area (TPSA) is 54.0 Å². The summed E-state index contributed by atoms with van der Waals surface area (Å²) in [6.07, 6.45) is 3.88. The second kappa shape index (κ2) is 7.04. The molecule has 1 aliphatic rings. The lowest BCUT2D eigenvalue weighted by atomic mass is 10.1. The summed E-state index contributed by atoms with van der Waals surface area (Å²) in [5.74, 6) is 0. The van der Waals surface area contributed by atoms with E-state index in [0.717, 1.165) is 55.0 Å². The SMILES string of the molecule is CCN1CCN(c2ccc3cc(-c4cn5cc(C)ccc5n4)c(=O)oc3c2)CC1. The molecule has 1 aromatic carbocycles. The van der Waals surface area contributed by atoms with Gasteiger partial charge in [-0.2, -0.15) is 0 Å². The minimum absolute atomic E-state index is 0.356. The van der Waals surface area contributed by atoms with Crippen LogP contribution in [-0.4, -0.2) is 47.0 Å². The van der Waals surface area contributed by atoms with Crippen LogP contribution in [0.25, 0.3) is 27.9 Å². The summed E-state index contributed by atoms with van der Waals surface area (Å²) >= 11 is 0. The summed E-state index contributed by atoms with van der Waals surface area (Å²) in [7, 11) is 0. The molecule has 4 aromatic rings. The second-order valence-corrected chi connectivity index (χ2v) is 7.69. The summed E-state index contributed by atoms with van der Waals surface area (Å²) in [5, 5.41) is 0.906. The Labute approximate surface area is 169 Å². The molecular formula is C23H24N4O2. The lowest BCUT2D eigenvalue weighted by Crippen LogP contribution is -2.46. The maximum atomic E-state index is 12.7. The molecule has 3 aromatic heterocycles. The third kappa shape index (κ3) is 3.29. The molecule has 148 valence electrons. The van der Waals surface area contributed by atoms with Gasteiger partial charge in [-0.05, 0) is 43.3 Å². The average Bonchev–Trinajstić information content (AvgIpc) is 3.15. The van der Waals surface area contributed by atoms with Crippen LogP contribution in [0.2, 0.25) is 0 Å². The van der Waals surface area contributed by atoms with Crippen LogP contribution in [-0.2, 0) is 0 Å². The van der Waals surface area contributed by atoms with Crippen molar-refractivity contribution in [2.24, 2.45) is 0 Å². The fourth-order valence-corrected chi connectivity index (χ4v) is 4.03. The molecule has 0 spiro atoms. The van der Waals surface area contributed by atoms with Crippen LogP contribution in [0, 0.1) is 6.92 Å². The van der Waals surface area contributed by atoms with E-state index in [1.54, 1.807) is 0 Å². The lowest BCUT2D eigenvalue weighted by Gasteiger charge is -2.35. The summed E-state index contributed by atoms with van der Waals surface area (Å²) in [4.78, 5) is 22.1. The minimum atomic E-state index is -0.356. The third-order valence-electron chi connectivity index (χ3n) is 5.78. The Morgan fingerprint density at radius 2 is 1.86 bits per heavy atom. The predicted molar refractivity (Wildman–Crippen MR) is 116 cm³/mol. The monoisotopic (exact) mass is 388 g/mol. The van der Waals surface area contributed by atoms with Crippen molar-refractivity contribution in [2.75, 3.05) is 37.6 Å². The van der Waals surface area contributed by atoms with E-state index in [1.165, 1.54) is 0 Å². The molecule has 6 heteroatoms. The fourth-order valence-electron chi connectivity index (χ4n) is 4.03. The Balaban J connectivity index is 1.50. The van der Waals surface area contributed by atoms with Gasteiger partial charge in [0.2, 0.25) is 0 Å². The van der Waals surface area contributed by atoms with Gasteiger partial charge in [0.25, 0.3) is 0 Å². The highest BCUT2D eigenvalue weighted by atomic mass is 16.4. The largest absolute Gasteiger partial charge is 0.422 e. The number of pyridine rings is 1. The van der Waals surface area contributed by atoms with Crippen molar-refractivity contribution in [2.45, 2.75) is 13.8 Å². The molecule has 0 aliphatic carbocycles. The molecule has 0 N–H and O–H groups in total. The van der Waals surface area contributed by atoms with Crippen molar-refractivity contribution >= 4 is 22.3 Å². The zero-order chi connectivity index (χ0) is 20.0. The molecule has 1 aliphatic heterocycles. The highest BCUT2D eigenvalue weighted by Gasteiger charge is 2.17. The quantitative estimate of drug-likeness (QED) is 0.503. The molecule has 0 bridgehead atoms. The van der Waals surface area contributed by atoms with Gasteiger partial charge in [-0.15, -0.1) is 0 Å². The molecule has 6 nitrogen and oxygen atoms in total. The first-order valence-electron chi connectivity index (χ1n) is 10.1. The summed E-state index contributed by atoms with van der Waals surface area (Å²) < 4.78 is 7.64. The Bertz CT molecular complexity index is 1250. The number of nitrogens with zero attached hydrogens (tertiary/aromatic N) is 4. The van der Waals surface area contributed by atoms with Crippen molar-refractivity contribution in [3.05, 3.63) is 64.8 Å². The van der Waals surface area contributed by atoms with E-state index in [0.29, 0.717) is 16.8 Å². The highest BCUT2D eigenvalue weighted by molar-refractivity contribution is 5.84. The Morgan fingerprint density at radius 1 is 1.03 bits per heavy atom. The van der Waals surface area contributed by atoms with Crippen molar-refractivity contribution in [3.63, 3.8) is 0 Å². The molecule has 29 heavy (non-hydrogen) atoms. The smallest absolute Gasteiger partial charge is 0.345 e. The number of benzene rings is 1. The van der Waals surface area contributed by atoms with Crippen molar-refractivity contribution in [3.8, 4) is 11.3 Å². The van der Waals surface area contributed by atoms with Gasteiger partial charge in [-0.25, -0.2) is 9.78 Å². The number of aryl methyl sites for hydroxylation is 1. The molecule has 0 amide bonds. The molecule has 1 saturated heterocycles. The van der Waals surface area contributed by atoms with Gasteiger partial charge in [0.15, 0.2) is 0 Å². The molecule has 4 heterocycles. The van der Waals surface area contributed by atoms with Crippen LogP contribution in [0.1, 0.15) is 12.5 Å². The van der Waals surface area contributed by atoms with Crippen LogP contribution < -0.4 is 10.5 Å². The maximum Gasteiger partial charge on any atom is 0.345 e. The van der Waals surface area contributed by atoms with Gasteiger partial charge in [-0.3, -0.25) is 0 Å². The van der Waals surface area contributed by atoms with Crippen molar-refractivity contribution in [1.29, 1.82) is 0 Å². The van der Waals surface area contributed by atoms with Gasteiger partial charge in [0.1, 0.15) is 11.2 Å². The van der Waals surface area contributed by atoms with Crippen LogP contribution in [0.5, 0.6) is 0 Å². The third-order valence-corrected chi connectivity index (χ3v) is 5.78. The Morgan fingerprint density at radius 3 is 2.66 bits per heavy atom. The zero-order valence-electron chi connectivity index (χ0n) is 16.8. The lowest BCUT2D eigenvalue weighted by molar-refractivity contribution is 0.271. The second-order valence-electron chi connectivity index (χ2n) is 7.69. The first kappa shape index (κ1) is 17.9. The number of imidazole rings is 1. The molecule has 1 fully saturated rings. The minimum Gasteiger partial charge on any atom is -0.422 e. The number of fused-ring (bicyclic) bond motifs is 2. The molecule has 5 rings (SSSR count). The molecule has 0 unspecified atom stereocenters. The Hall–Kier alpha value is -3.12. The van der Waals surface area contributed by atoms with Crippen molar-refractivity contribution in [1.82, 2.24) is 14.3 Å². The molecule has 0 saturated carbocycles. The van der Waals surface area contributed by atoms with Gasteiger partial charge in [0.05, 0.1) is 11.3 Å². The first-order valence-corrected chi connectivity index (χ1v) is 10.1. The Kier molecular flexibility index (Phi) is 4.36. The van der Waals surface area contributed by atoms with Gasteiger partial charge in [-0.1, -0.05) is 13.0 Å². The first-order chi connectivity index (χ1) is 14.1. The van der Waals surface area contributed by atoms with E-state index in [-0.39, 0.29) is 5.63 Å². The number of aromatic nitrogens is 2. The molecular weight excluding hydrogens is 364 g/mol. The van der Waals surface area contributed by atoms with Crippen molar-refractivity contribution < 1.29 is 4.42 Å².